The van der Waals surface area contributed by atoms with Crippen LogP contribution in [0, 0.1) is 0 Å². The van der Waals surface area contributed by atoms with E-state index in [1.807, 2.05) is 60.3 Å². The molecule has 0 fully saturated rings. The molecule has 3 rings (SSSR count). The maximum atomic E-state index is 5.61. The summed E-state index contributed by atoms with van der Waals surface area (Å²) in [4.78, 5) is 5.51. The van der Waals surface area contributed by atoms with Crippen LogP contribution in [0.5, 0.6) is 23.0 Å². The molecule has 0 aliphatic carbocycles. The summed E-state index contributed by atoms with van der Waals surface area (Å²) in [5.74, 6) is 2.81. The molecule has 0 radical (unpaired) electrons. The van der Waals surface area contributed by atoms with Gasteiger partial charge in [-0.2, -0.15) is 5.10 Å². The fourth-order valence-corrected chi connectivity index (χ4v) is 3.92. The Hall–Kier alpha value is -3.26. The quantitative estimate of drug-likeness (QED) is 0.485. The van der Waals surface area contributed by atoms with Crippen molar-refractivity contribution < 1.29 is 18.9 Å². The molecule has 0 amide bonds. The van der Waals surface area contributed by atoms with Crippen LogP contribution >= 0.6 is 11.3 Å². The third-order valence-corrected chi connectivity index (χ3v) is 5.32. The lowest BCUT2D eigenvalue weighted by Crippen LogP contribution is -2.14. The van der Waals surface area contributed by atoms with Crippen molar-refractivity contribution >= 4 is 17.6 Å². The Morgan fingerprint density at radius 1 is 0.871 bits per heavy atom. The highest BCUT2D eigenvalue weighted by Gasteiger charge is 2.14. The van der Waals surface area contributed by atoms with Crippen molar-refractivity contribution in [2.45, 2.75) is 19.9 Å². The van der Waals surface area contributed by atoms with Crippen molar-refractivity contribution in [1.82, 2.24) is 4.68 Å². The Labute approximate surface area is 186 Å². The SMILES string of the molecule is COc1ccc(C=Nn2c(-c3ccc(OC)cc3OC)csc2=NC(C)C)c(OC)c1. The van der Waals surface area contributed by atoms with Gasteiger partial charge in [0, 0.05) is 34.7 Å². The second-order valence-electron chi connectivity index (χ2n) is 6.86. The molecule has 0 bridgehead atoms. The normalized spacial score (nSPS) is 11.9. The number of hydrogen-bond acceptors (Lipinski definition) is 7. The van der Waals surface area contributed by atoms with Crippen molar-refractivity contribution in [3.8, 4) is 34.3 Å². The predicted octanol–water partition coefficient (Wildman–Crippen LogP) is 4.44. The zero-order valence-corrected chi connectivity index (χ0v) is 19.4. The van der Waals surface area contributed by atoms with Crippen LogP contribution in [0.25, 0.3) is 11.3 Å². The van der Waals surface area contributed by atoms with Gasteiger partial charge in [-0.1, -0.05) is 0 Å². The van der Waals surface area contributed by atoms with Crippen molar-refractivity contribution in [3.05, 3.63) is 52.1 Å². The first-order chi connectivity index (χ1) is 15.0. The molecule has 8 heteroatoms. The van der Waals surface area contributed by atoms with E-state index in [2.05, 4.69) is 0 Å². The van der Waals surface area contributed by atoms with Gasteiger partial charge in [-0.15, -0.1) is 11.3 Å². The average Bonchev–Trinajstić information content (AvgIpc) is 3.18. The van der Waals surface area contributed by atoms with Gasteiger partial charge in [0.05, 0.1) is 40.3 Å². The van der Waals surface area contributed by atoms with Crippen molar-refractivity contribution in [3.63, 3.8) is 0 Å². The van der Waals surface area contributed by atoms with Gasteiger partial charge < -0.3 is 18.9 Å². The minimum Gasteiger partial charge on any atom is -0.497 e. The van der Waals surface area contributed by atoms with Crippen LogP contribution in [0.1, 0.15) is 19.4 Å². The summed E-state index contributed by atoms with van der Waals surface area (Å²) in [5.41, 5.74) is 2.58. The minimum atomic E-state index is 0.126. The van der Waals surface area contributed by atoms with Gasteiger partial charge in [-0.25, -0.2) is 4.68 Å². The van der Waals surface area contributed by atoms with Crippen molar-refractivity contribution in [1.29, 1.82) is 0 Å². The molecule has 164 valence electrons. The summed E-state index contributed by atoms with van der Waals surface area (Å²) in [6.07, 6.45) is 1.75. The smallest absolute Gasteiger partial charge is 0.206 e. The van der Waals surface area contributed by atoms with Gasteiger partial charge in [-0.05, 0) is 38.1 Å². The number of methoxy groups -OCH3 is 4. The Kier molecular flexibility index (Phi) is 7.36. The molecule has 1 aromatic heterocycles. The van der Waals surface area contributed by atoms with E-state index in [9.17, 15) is 0 Å². The lowest BCUT2D eigenvalue weighted by Gasteiger charge is -2.11. The van der Waals surface area contributed by atoms with Gasteiger partial charge in [0.25, 0.3) is 0 Å². The first-order valence-electron chi connectivity index (χ1n) is 9.73. The van der Waals surface area contributed by atoms with Crippen molar-refractivity contribution in [2.75, 3.05) is 28.4 Å². The lowest BCUT2D eigenvalue weighted by molar-refractivity contribution is 0.394. The van der Waals surface area contributed by atoms with E-state index >= 15 is 0 Å². The fourth-order valence-electron chi connectivity index (χ4n) is 2.96. The van der Waals surface area contributed by atoms with E-state index in [-0.39, 0.29) is 6.04 Å². The van der Waals surface area contributed by atoms with Crippen LogP contribution < -0.4 is 23.7 Å². The van der Waals surface area contributed by atoms with E-state index in [1.165, 1.54) is 11.3 Å². The molecule has 0 atom stereocenters. The molecule has 0 aliphatic rings. The molecule has 0 saturated carbocycles. The second-order valence-corrected chi connectivity index (χ2v) is 7.69. The molecule has 31 heavy (non-hydrogen) atoms. The summed E-state index contributed by atoms with van der Waals surface area (Å²) in [5, 5.41) is 6.77. The summed E-state index contributed by atoms with van der Waals surface area (Å²) >= 11 is 1.52. The summed E-state index contributed by atoms with van der Waals surface area (Å²) in [6.45, 7) is 4.07. The maximum absolute atomic E-state index is 5.61. The van der Waals surface area contributed by atoms with Gasteiger partial charge in [0.15, 0.2) is 0 Å². The minimum absolute atomic E-state index is 0.126. The Morgan fingerprint density at radius 2 is 1.52 bits per heavy atom. The molecule has 0 aliphatic heterocycles. The first-order valence-corrected chi connectivity index (χ1v) is 10.6. The largest absolute Gasteiger partial charge is 0.497 e. The molecule has 7 nitrogen and oxygen atoms in total. The van der Waals surface area contributed by atoms with E-state index in [0.29, 0.717) is 11.5 Å². The van der Waals surface area contributed by atoms with Gasteiger partial charge in [-0.3, -0.25) is 4.99 Å². The van der Waals surface area contributed by atoms with Crippen LogP contribution in [-0.2, 0) is 0 Å². The lowest BCUT2D eigenvalue weighted by atomic mass is 10.1. The number of benzene rings is 2. The van der Waals surface area contributed by atoms with Crippen LogP contribution in [0.4, 0.5) is 0 Å². The third kappa shape index (κ3) is 5.08. The topological polar surface area (TPSA) is 66.6 Å². The van der Waals surface area contributed by atoms with Crippen molar-refractivity contribution in [2.24, 2.45) is 10.1 Å². The van der Waals surface area contributed by atoms with Gasteiger partial charge in [0.1, 0.15) is 23.0 Å². The number of hydrogen-bond donors (Lipinski definition) is 0. The molecule has 0 unspecified atom stereocenters. The number of thiazole rings is 1. The summed E-state index contributed by atoms with van der Waals surface area (Å²) < 4.78 is 23.5. The number of rotatable bonds is 8. The predicted molar refractivity (Wildman–Crippen MR) is 124 cm³/mol. The molecule has 0 N–H and O–H groups in total. The van der Waals surface area contributed by atoms with E-state index in [1.54, 1.807) is 34.7 Å². The Morgan fingerprint density at radius 3 is 2.13 bits per heavy atom. The highest BCUT2D eigenvalue weighted by molar-refractivity contribution is 7.07. The standard InChI is InChI=1S/C23H27N3O4S/c1-15(2)25-23-26(24-13-16-7-8-17(27-3)11-21(16)29-5)20(14-31-23)19-10-9-18(28-4)12-22(19)30-6/h7-15H,1-6H3. The van der Waals surface area contributed by atoms with Crippen LogP contribution in [0.15, 0.2) is 51.9 Å². The highest BCUT2D eigenvalue weighted by atomic mass is 32.1. The molecular weight excluding hydrogens is 414 g/mol. The molecule has 0 spiro atoms. The van der Waals surface area contributed by atoms with E-state index in [4.69, 9.17) is 29.0 Å². The first kappa shape index (κ1) is 22.4. The number of aromatic nitrogens is 1. The monoisotopic (exact) mass is 441 g/mol. The molecule has 0 saturated heterocycles. The highest BCUT2D eigenvalue weighted by Crippen LogP contribution is 2.33. The Balaban J connectivity index is 2.14. The van der Waals surface area contributed by atoms with Crippen LogP contribution in [-0.4, -0.2) is 45.4 Å². The average molecular weight is 442 g/mol. The van der Waals surface area contributed by atoms with E-state index < -0.39 is 0 Å². The van der Waals surface area contributed by atoms with Gasteiger partial charge in [0.2, 0.25) is 4.80 Å². The Bertz CT molecular complexity index is 1130. The second kappa shape index (κ2) is 10.2. The summed E-state index contributed by atoms with van der Waals surface area (Å²) in [6, 6.07) is 11.4. The molecule has 2 aromatic carbocycles. The zero-order chi connectivity index (χ0) is 22.4. The van der Waals surface area contributed by atoms with Crippen LogP contribution in [0.3, 0.4) is 0 Å². The zero-order valence-electron chi connectivity index (χ0n) is 18.6. The van der Waals surface area contributed by atoms with Crippen LogP contribution in [0.2, 0.25) is 0 Å². The third-order valence-electron chi connectivity index (χ3n) is 4.49. The maximum Gasteiger partial charge on any atom is 0.206 e. The molecule has 3 aromatic rings. The number of ether oxygens (including phenoxy) is 4. The van der Waals surface area contributed by atoms with E-state index in [0.717, 1.165) is 33.1 Å². The molecular formula is C23H27N3O4S. The fraction of sp³-hybridized carbons (Fsp3) is 0.304. The summed E-state index contributed by atoms with van der Waals surface area (Å²) in [7, 11) is 6.51. The van der Waals surface area contributed by atoms with Gasteiger partial charge >= 0.3 is 0 Å². The number of nitrogens with zero attached hydrogens (tertiary/aromatic N) is 3. The molecule has 1 heterocycles.